The average molecular weight is 401 g/mol. The molecule has 1 aliphatic heterocycles. The molecule has 1 saturated heterocycles. The summed E-state index contributed by atoms with van der Waals surface area (Å²) < 4.78 is 0. The summed E-state index contributed by atoms with van der Waals surface area (Å²) >= 11 is 3.76. The second-order valence-electron chi connectivity index (χ2n) is 6.90. The molecule has 0 amide bonds. The van der Waals surface area contributed by atoms with Crippen LogP contribution in [0.3, 0.4) is 0 Å². The van der Waals surface area contributed by atoms with E-state index in [1.165, 1.54) is 43.6 Å². The van der Waals surface area contributed by atoms with Gasteiger partial charge < -0.3 is 4.90 Å². The monoisotopic (exact) mass is 400 g/mol. The average Bonchev–Trinajstić information content (AvgIpc) is 2.69. The van der Waals surface area contributed by atoms with Crippen molar-refractivity contribution in [3.05, 3.63) is 71.8 Å². The Bertz CT molecular complexity index is 569. The highest BCUT2D eigenvalue weighted by Crippen LogP contribution is 2.29. The van der Waals surface area contributed by atoms with Gasteiger partial charge in [0.1, 0.15) is 0 Å². The highest BCUT2D eigenvalue weighted by atomic mass is 79.9. The van der Waals surface area contributed by atoms with Gasteiger partial charge in [-0.15, -0.1) is 0 Å². The van der Waals surface area contributed by atoms with Crippen molar-refractivity contribution in [1.82, 2.24) is 9.80 Å². The zero-order chi connectivity index (χ0) is 17.5. The third kappa shape index (κ3) is 5.16. The molecule has 1 aliphatic rings. The lowest BCUT2D eigenvalue weighted by molar-refractivity contribution is 0.108. The van der Waals surface area contributed by atoms with Crippen LogP contribution >= 0.6 is 15.9 Å². The van der Waals surface area contributed by atoms with E-state index in [-0.39, 0.29) is 0 Å². The van der Waals surface area contributed by atoms with Crippen LogP contribution in [0.2, 0.25) is 0 Å². The standard InChI is InChI=1S/C22H29BrN2/c1-2-21(23)13-14-24-15-17-25(18-16-24)22(19-9-5-3-6-10-19)20-11-7-4-8-12-20/h3-12,21-22H,2,13-18H2,1H3. The predicted octanol–water partition coefficient (Wildman–Crippen LogP) is 4.96. The molecule has 1 fully saturated rings. The quantitative estimate of drug-likeness (QED) is 0.606. The molecule has 3 rings (SSSR count). The lowest BCUT2D eigenvalue weighted by atomic mass is 9.96. The molecule has 0 spiro atoms. The smallest absolute Gasteiger partial charge is 0.0602 e. The Morgan fingerprint density at radius 1 is 0.840 bits per heavy atom. The van der Waals surface area contributed by atoms with Crippen molar-refractivity contribution in [2.45, 2.75) is 30.6 Å². The van der Waals surface area contributed by atoms with Gasteiger partial charge in [-0.1, -0.05) is 83.5 Å². The maximum absolute atomic E-state index is 3.76. The summed E-state index contributed by atoms with van der Waals surface area (Å²) in [7, 11) is 0. The van der Waals surface area contributed by atoms with Crippen molar-refractivity contribution >= 4 is 15.9 Å². The molecular formula is C22H29BrN2. The van der Waals surface area contributed by atoms with E-state index in [2.05, 4.69) is 93.3 Å². The summed E-state index contributed by atoms with van der Waals surface area (Å²) in [6, 6.07) is 22.3. The first-order valence-electron chi connectivity index (χ1n) is 9.48. The second kappa shape index (κ2) is 9.51. The van der Waals surface area contributed by atoms with Gasteiger partial charge in [-0.3, -0.25) is 4.90 Å². The van der Waals surface area contributed by atoms with Gasteiger partial charge in [0.25, 0.3) is 0 Å². The van der Waals surface area contributed by atoms with Crippen molar-refractivity contribution in [1.29, 1.82) is 0 Å². The van der Waals surface area contributed by atoms with Gasteiger partial charge in [-0.2, -0.15) is 0 Å². The van der Waals surface area contributed by atoms with Gasteiger partial charge in [0, 0.05) is 31.0 Å². The first kappa shape index (κ1) is 18.6. The molecule has 0 bridgehead atoms. The van der Waals surface area contributed by atoms with Gasteiger partial charge in [-0.05, 0) is 30.5 Å². The second-order valence-corrected chi connectivity index (χ2v) is 8.19. The molecule has 2 aromatic carbocycles. The van der Waals surface area contributed by atoms with Crippen molar-refractivity contribution in [2.24, 2.45) is 0 Å². The third-order valence-electron chi connectivity index (χ3n) is 5.20. The van der Waals surface area contributed by atoms with Gasteiger partial charge in [0.15, 0.2) is 0 Å². The van der Waals surface area contributed by atoms with Crippen LogP contribution in [0.25, 0.3) is 0 Å². The molecule has 0 aliphatic carbocycles. The Morgan fingerprint density at radius 3 is 1.84 bits per heavy atom. The molecule has 134 valence electrons. The number of alkyl halides is 1. The summed E-state index contributed by atoms with van der Waals surface area (Å²) in [6.45, 7) is 8.06. The van der Waals surface area contributed by atoms with Crippen LogP contribution in [0.1, 0.15) is 36.9 Å². The van der Waals surface area contributed by atoms with Crippen molar-refractivity contribution in [2.75, 3.05) is 32.7 Å². The number of piperazine rings is 1. The molecule has 0 aromatic heterocycles. The first-order chi connectivity index (χ1) is 12.3. The van der Waals surface area contributed by atoms with Crippen molar-refractivity contribution < 1.29 is 0 Å². The van der Waals surface area contributed by atoms with E-state index in [4.69, 9.17) is 0 Å². The van der Waals surface area contributed by atoms with E-state index in [0.717, 1.165) is 13.1 Å². The molecule has 3 heteroatoms. The van der Waals surface area contributed by atoms with Crippen LogP contribution in [-0.4, -0.2) is 47.4 Å². The Hall–Kier alpha value is -1.16. The molecule has 0 radical (unpaired) electrons. The molecule has 0 N–H and O–H groups in total. The number of hydrogen-bond acceptors (Lipinski definition) is 2. The van der Waals surface area contributed by atoms with E-state index < -0.39 is 0 Å². The topological polar surface area (TPSA) is 6.48 Å². The fraction of sp³-hybridized carbons (Fsp3) is 0.455. The molecule has 1 heterocycles. The van der Waals surface area contributed by atoms with E-state index in [1.54, 1.807) is 0 Å². The van der Waals surface area contributed by atoms with Crippen LogP contribution in [0.4, 0.5) is 0 Å². The summed E-state index contributed by atoms with van der Waals surface area (Å²) in [5.74, 6) is 0. The molecule has 1 atom stereocenters. The third-order valence-corrected chi connectivity index (χ3v) is 6.31. The maximum atomic E-state index is 3.76. The SMILES string of the molecule is CCC(Br)CCN1CCN(C(c2ccccc2)c2ccccc2)CC1. The lowest BCUT2D eigenvalue weighted by Crippen LogP contribution is -2.48. The number of halogens is 1. The van der Waals surface area contributed by atoms with E-state index in [1.807, 2.05) is 0 Å². The molecule has 2 aromatic rings. The molecule has 2 nitrogen and oxygen atoms in total. The van der Waals surface area contributed by atoms with Gasteiger partial charge in [-0.25, -0.2) is 0 Å². The van der Waals surface area contributed by atoms with Crippen molar-refractivity contribution in [3.63, 3.8) is 0 Å². The molecule has 25 heavy (non-hydrogen) atoms. The number of rotatable bonds is 7. The van der Waals surface area contributed by atoms with Gasteiger partial charge in [0.2, 0.25) is 0 Å². The summed E-state index contributed by atoms with van der Waals surface area (Å²) in [4.78, 5) is 5.92. The lowest BCUT2D eigenvalue weighted by Gasteiger charge is -2.40. The summed E-state index contributed by atoms with van der Waals surface area (Å²) in [6.07, 6.45) is 2.46. The molecule has 1 unspecified atom stereocenters. The first-order valence-corrected chi connectivity index (χ1v) is 10.4. The maximum Gasteiger partial charge on any atom is 0.0602 e. The summed E-state index contributed by atoms with van der Waals surface area (Å²) in [5.41, 5.74) is 2.79. The van der Waals surface area contributed by atoms with E-state index in [9.17, 15) is 0 Å². The largest absolute Gasteiger partial charge is 0.301 e. The predicted molar refractivity (Wildman–Crippen MR) is 110 cm³/mol. The normalized spacial score (nSPS) is 17.7. The molecular weight excluding hydrogens is 372 g/mol. The molecule has 0 saturated carbocycles. The number of benzene rings is 2. The minimum absolute atomic E-state index is 0.365. The highest BCUT2D eigenvalue weighted by Gasteiger charge is 2.26. The van der Waals surface area contributed by atoms with Gasteiger partial charge in [0.05, 0.1) is 6.04 Å². The fourth-order valence-corrected chi connectivity index (χ4v) is 3.86. The highest BCUT2D eigenvalue weighted by molar-refractivity contribution is 9.09. The summed E-state index contributed by atoms with van der Waals surface area (Å²) in [5, 5.41) is 0. The Labute approximate surface area is 161 Å². The Balaban J connectivity index is 1.67. The Morgan fingerprint density at radius 2 is 1.36 bits per heavy atom. The minimum atomic E-state index is 0.365. The zero-order valence-electron chi connectivity index (χ0n) is 15.2. The number of hydrogen-bond donors (Lipinski definition) is 0. The van der Waals surface area contributed by atoms with Crippen LogP contribution in [0.5, 0.6) is 0 Å². The van der Waals surface area contributed by atoms with Crippen LogP contribution in [-0.2, 0) is 0 Å². The van der Waals surface area contributed by atoms with Crippen LogP contribution in [0.15, 0.2) is 60.7 Å². The Kier molecular flexibility index (Phi) is 7.09. The van der Waals surface area contributed by atoms with Gasteiger partial charge >= 0.3 is 0 Å². The van der Waals surface area contributed by atoms with Crippen LogP contribution < -0.4 is 0 Å². The van der Waals surface area contributed by atoms with Crippen LogP contribution in [0, 0.1) is 0 Å². The number of nitrogens with zero attached hydrogens (tertiary/aromatic N) is 2. The van der Waals surface area contributed by atoms with E-state index in [0.29, 0.717) is 10.9 Å². The van der Waals surface area contributed by atoms with Crippen molar-refractivity contribution in [3.8, 4) is 0 Å². The zero-order valence-corrected chi connectivity index (χ0v) is 16.7. The minimum Gasteiger partial charge on any atom is -0.301 e. The fourth-order valence-electron chi connectivity index (χ4n) is 3.66. The van der Waals surface area contributed by atoms with E-state index >= 15 is 0 Å².